The zero-order chi connectivity index (χ0) is 16.9. The van der Waals surface area contributed by atoms with Crippen molar-refractivity contribution in [3.8, 4) is 0 Å². The lowest BCUT2D eigenvalue weighted by molar-refractivity contribution is -0.132. The number of piperazine rings is 1. The van der Waals surface area contributed by atoms with Crippen molar-refractivity contribution in [1.29, 1.82) is 0 Å². The molecule has 0 atom stereocenters. The topological polar surface area (TPSA) is 56.4 Å². The summed E-state index contributed by atoms with van der Waals surface area (Å²) in [5.41, 5.74) is 1.38. The van der Waals surface area contributed by atoms with Gasteiger partial charge in [-0.25, -0.2) is 4.39 Å². The second-order valence-electron chi connectivity index (χ2n) is 5.99. The van der Waals surface area contributed by atoms with Crippen LogP contribution < -0.4 is 5.56 Å². The van der Waals surface area contributed by atoms with Crippen molar-refractivity contribution in [3.05, 3.63) is 69.9 Å². The normalized spacial score (nSPS) is 15.5. The standard InChI is InChI=1S/C18H20FN3O2/c19-16-4-2-1-3-15(16)11-18(24)22-9-7-21(8-10-22)13-14-5-6-17(23)20-12-14/h1-6,12H,7-11,13H2,(H,20,23). The van der Waals surface area contributed by atoms with Crippen LogP contribution in [0.4, 0.5) is 4.39 Å². The van der Waals surface area contributed by atoms with Crippen LogP contribution in [0.25, 0.3) is 0 Å². The van der Waals surface area contributed by atoms with Crippen LogP contribution in [-0.2, 0) is 17.8 Å². The molecule has 0 unspecified atom stereocenters. The maximum atomic E-state index is 13.6. The molecule has 0 radical (unpaired) electrons. The van der Waals surface area contributed by atoms with Crippen molar-refractivity contribution >= 4 is 5.91 Å². The summed E-state index contributed by atoms with van der Waals surface area (Å²) in [7, 11) is 0. The minimum Gasteiger partial charge on any atom is -0.340 e. The summed E-state index contributed by atoms with van der Waals surface area (Å²) >= 11 is 0. The Morgan fingerprint density at radius 1 is 1.08 bits per heavy atom. The molecule has 1 aromatic carbocycles. The third kappa shape index (κ3) is 4.08. The van der Waals surface area contributed by atoms with Gasteiger partial charge in [0.2, 0.25) is 11.5 Å². The number of carbonyl (C=O) groups is 1. The van der Waals surface area contributed by atoms with E-state index in [2.05, 4.69) is 9.88 Å². The number of halogens is 1. The Bertz CT molecular complexity index is 746. The summed E-state index contributed by atoms with van der Waals surface area (Å²) in [6, 6.07) is 9.73. The molecule has 1 aromatic heterocycles. The van der Waals surface area contributed by atoms with Crippen LogP contribution in [-0.4, -0.2) is 46.9 Å². The van der Waals surface area contributed by atoms with Gasteiger partial charge in [-0.1, -0.05) is 24.3 Å². The first-order valence-corrected chi connectivity index (χ1v) is 8.03. The Labute approximate surface area is 139 Å². The number of carbonyl (C=O) groups excluding carboxylic acids is 1. The van der Waals surface area contributed by atoms with Crippen molar-refractivity contribution in [3.63, 3.8) is 0 Å². The van der Waals surface area contributed by atoms with E-state index in [-0.39, 0.29) is 23.7 Å². The monoisotopic (exact) mass is 329 g/mol. The number of hydrogen-bond acceptors (Lipinski definition) is 3. The van der Waals surface area contributed by atoms with E-state index in [9.17, 15) is 14.0 Å². The van der Waals surface area contributed by atoms with E-state index in [1.54, 1.807) is 29.3 Å². The van der Waals surface area contributed by atoms with Crippen LogP contribution in [0, 0.1) is 5.82 Å². The van der Waals surface area contributed by atoms with Gasteiger partial charge in [-0.2, -0.15) is 0 Å². The molecule has 6 heteroatoms. The molecular formula is C18H20FN3O2. The number of benzene rings is 1. The van der Waals surface area contributed by atoms with Gasteiger partial charge in [0.15, 0.2) is 0 Å². The minimum absolute atomic E-state index is 0.0382. The van der Waals surface area contributed by atoms with Crippen LogP contribution in [0.3, 0.4) is 0 Å². The van der Waals surface area contributed by atoms with Gasteiger partial charge in [0, 0.05) is 45.0 Å². The van der Waals surface area contributed by atoms with E-state index in [1.165, 1.54) is 12.1 Å². The van der Waals surface area contributed by atoms with Crippen LogP contribution in [0.1, 0.15) is 11.1 Å². The fourth-order valence-corrected chi connectivity index (χ4v) is 2.87. The molecule has 1 N–H and O–H groups in total. The Kier molecular flexibility index (Phi) is 5.05. The number of amides is 1. The van der Waals surface area contributed by atoms with Crippen molar-refractivity contribution in [2.75, 3.05) is 26.2 Å². The number of hydrogen-bond donors (Lipinski definition) is 1. The molecule has 2 aromatic rings. The highest BCUT2D eigenvalue weighted by atomic mass is 19.1. The third-order valence-corrected chi connectivity index (χ3v) is 4.28. The summed E-state index contributed by atoms with van der Waals surface area (Å²) in [6.07, 6.45) is 1.82. The molecule has 5 nitrogen and oxygen atoms in total. The summed E-state index contributed by atoms with van der Waals surface area (Å²) in [4.78, 5) is 30.1. The number of nitrogens with one attached hydrogen (secondary N) is 1. The molecule has 0 bridgehead atoms. The fraction of sp³-hybridized carbons (Fsp3) is 0.333. The largest absolute Gasteiger partial charge is 0.340 e. The molecule has 2 heterocycles. The number of H-pyrrole nitrogens is 1. The van der Waals surface area contributed by atoms with E-state index in [1.807, 2.05) is 6.07 Å². The summed E-state index contributed by atoms with van der Waals surface area (Å²) in [5, 5.41) is 0. The molecule has 1 aliphatic rings. The first-order valence-electron chi connectivity index (χ1n) is 8.03. The highest BCUT2D eigenvalue weighted by Gasteiger charge is 2.21. The lowest BCUT2D eigenvalue weighted by atomic mass is 10.1. The van der Waals surface area contributed by atoms with Gasteiger partial charge >= 0.3 is 0 Å². The summed E-state index contributed by atoms with van der Waals surface area (Å²) < 4.78 is 13.6. The minimum atomic E-state index is -0.331. The van der Waals surface area contributed by atoms with Crippen molar-refractivity contribution in [2.24, 2.45) is 0 Å². The second-order valence-corrected chi connectivity index (χ2v) is 5.99. The molecule has 0 saturated carbocycles. The Morgan fingerprint density at radius 2 is 1.83 bits per heavy atom. The van der Waals surface area contributed by atoms with E-state index < -0.39 is 0 Å². The lowest BCUT2D eigenvalue weighted by Gasteiger charge is -2.34. The van der Waals surface area contributed by atoms with Gasteiger partial charge in [-0.3, -0.25) is 14.5 Å². The van der Waals surface area contributed by atoms with Crippen LogP contribution in [0.15, 0.2) is 47.4 Å². The number of nitrogens with zero attached hydrogens (tertiary/aromatic N) is 2. The molecule has 0 aliphatic carbocycles. The fourth-order valence-electron chi connectivity index (χ4n) is 2.87. The zero-order valence-electron chi connectivity index (χ0n) is 13.4. The highest BCUT2D eigenvalue weighted by molar-refractivity contribution is 5.79. The van der Waals surface area contributed by atoms with Gasteiger partial charge in [-0.05, 0) is 17.2 Å². The third-order valence-electron chi connectivity index (χ3n) is 4.28. The van der Waals surface area contributed by atoms with Gasteiger partial charge in [0.1, 0.15) is 5.82 Å². The molecular weight excluding hydrogens is 309 g/mol. The zero-order valence-corrected chi connectivity index (χ0v) is 13.4. The predicted octanol–water partition coefficient (Wildman–Crippen LogP) is 1.40. The van der Waals surface area contributed by atoms with Crippen molar-refractivity contribution < 1.29 is 9.18 Å². The van der Waals surface area contributed by atoms with Crippen molar-refractivity contribution in [1.82, 2.24) is 14.8 Å². The molecule has 24 heavy (non-hydrogen) atoms. The average molecular weight is 329 g/mol. The molecule has 3 rings (SSSR count). The molecule has 1 saturated heterocycles. The van der Waals surface area contributed by atoms with Gasteiger partial charge in [0.25, 0.3) is 0 Å². The molecule has 0 spiro atoms. The van der Waals surface area contributed by atoms with Gasteiger partial charge in [0.05, 0.1) is 6.42 Å². The number of rotatable bonds is 4. The van der Waals surface area contributed by atoms with Crippen LogP contribution >= 0.6 is 0 Å². The predicted molar refractivity (Wildman–Crippen MR) is 89.0 cm³/mol. The number of aromatic amines is 1. The Balaban J connectivity index is 1.51. The maximum absolute atomic E-state index is 13.6. The highest BCUT2D eigenvalue weighted by Crippen LogP contribution is 2.11. The van der Waals surface area contributed by atoms with E-state index in [4.69, 9.17) is 0 Å². The summed E-state index contributed by atoms with van der Waals surface area (Å²) in [6.45, 7) is 3.55. The van der Waals surface area contributed by atoms with E-state index >= 15 is 0 Å². The maximum Gasteiger partial charge on any atom is 0.247 e. The van der Waals surface area contributed by atoms with Gasteiger partial charge in [-0.15, -0.1) is 0 Å². The molecule has 1 amide bonds. The molecule has 1 aliphatic heterocycles. The first-order chi connectivity index (χ1) is 11.6. The second kappa shape index (κ2) is 7.40. The average Bonchev–Trinajstić information content (AvgIpc) is 2.59. The van der Waals surface area contributed by atoms with Crippen molar-refractivity contribution in [2.45, 2.75) is 13.0 Å². The first kappa shape index (κ1) is 16.4. The summed E-state index contributed by atoms with van der Waals surface area (Å²) in [5.74, 6) is -0.369. The Hall–Kier alpha value is -2.47. The quantitative estimate of drug-likeness (QED) is 0.922. The number of aromatic nitrogens is 1. The van der Waals surface area contributed by atoms with Gasteiger partial charge < -0.3 is 9.88 Å². The Morgan fingerprint density at radius 3 is 2.50 bits per heavy atom. The van der Waals surface area contributed by atoms with Crippen LogP contribution in [0.2, 0.25) is 0 Å². The smallest absolute Gasteiger partial charge is 0.247 e. The van der Waals surface area contributed by atoms with E-state index in [0.717, 1.165) is 25.2 Å². The van der Waals surface area contributed by atoms with E-state index in [0.29, 0.717) is 18.7 Å². The molecule has 1 fully saturated rings. The van der Waals surface area contributed by atoms with Crippen LogP contribution in [0.5, 0.6) is 0 Å². The lowest BCUT2D eigenvalue weighted by Crippen LogP contribution is -2.48. The number of pyridine rings is 1. The SMILES string of the molecule is O=C(Cc1ccccc1F)N1CCN(Cc2ccc(=O)[nH]c2)CC1. The molecule has 126 valence electrons.